The number of halogens is 1. The van der Waals surface area contributed by atoms with Crippen LogP contribution < -0.4 is 5.32 Å². The lowest BCUT2D eigenvalue weighted by atomic mass is 10.1. The summed E-state index contributed by atoms with van der Waals surface area (Å²) >= 11 is 0. The van der Waals surface area contributed by atoms with E-state index in [9.17, 15) is 4.39 Å². The molecule has 27 heavy (non-hydrogen) atoms. The Morgan fingerprint density at radius 2 is 1.81 bits per heavy atom. The highest BCUT2D eigenvalue weighted by atomic mass is 19.1. The van der Waals surface area contributed by atoms with E-state index in [1.165, 1.54) is 12.1 Å². The average Bonchev–Trinajstić information content (AvgIpc) is 3.33. The van der Waals surface area contributed by atoms with Gasteiger partial charge in [-0.2, -0.15) is 0 Å². The van der Waals surface area contributed by atoms with E-state index >= 15 is 0 Å². The number of aryl methyl sites for hydroxylation is 1. The second-order valence-electron chi connectivity index (χ2n) is 6.39. The van der Waals surface area contributed by atoms with E-state index in [-0.39, 0.29) is 11.9 Å². The molecular weight excluding hydrogens is 341 g/mol. The summed E-state index contributed by atoms with van der Waals surface area (Å²) in [5, 5.41) is 3.53. The predicted octanol–water partition coefficient (Wildman–Crippen LogP) is 4.70. The maximum Gasteiger partial charge on any atom is 0.134 e. The first-order valence-corrected chi connectivity index (χ1v) is 8.81. The lowest BCUT2D eigenvalue weighted by Gasteiger charge is -2.18. The topological polar surface area (TPSA) is 43.0 Å². The molecule has 2 heterocycles. The molecule has 5 heteroatoms. The molecule has 4 rings (SSSR count). The summed E-state index contributed by atoms with van der Waals surface area (Å²) in [7, 11) is 1.99. The van der Waals surface area contributed by atoms with Gasteiger partial charge >= 0.3 is 0 Å². The standard InChI is InChI=1S/C22H20FN3O/c1-26-14-13-24-22(26)21(17-5-3-2-4-6-17)25-15-19-11-12-20(27-19)16-7-9-18(23)10-8-16/h2-14,21,25H,15H2,1H3/t21-/m1/s1. The van der Waals surface area contributed by atoms with Crippen LogP contribution in [0, 0.1) is 5.82 Å². The minimum Gasteiger partial charge on any atom is -0.460 e. The van der Waals surface area contributed by atoms with Crippen LogP contribution in [0.2, 0.25) is 0 Å². The predicted molar refractivity (Wildman–Crippen MR) is 102 cm³/mol. The van der Waals surface area contributed by atoms with E-state index in [1.54, 1.807) is 18.3 Å². The number of furan rings is 1. The third-order valence-corrected chi connectivity index (χ3v) is 4.52. The average molecular weight is 361 g/mol. The fourth-order valence-corrected chi connectivity index (χ4v) is 3.10. The number of benzene rings is 2. The molecule has 2 aromatic carbocycles. The van der Waals surface area contributed by atoms with Gasteiger partial charge in [-0.15, -0.1) is 0 Å². The molecule has 0 aliphatic rings. The molecule has 0 unspecified atom stereocenters. The maximum absolute atomic E-state index is 13.1. The van der Waals surface area contributed by atoms with Gasteiger partial charge in [-0.25, -0.2) is 9.37 Å². The molecule has 1 atom stereocenters. The second kappa shape index (κ2) is 7.60. The zero-order valence-corrected chi connectivity index (χ0v) is 15.0. The molecule has 0 saturated carbocycles. The van der Waals surface area contributed by atoms with Gasteiger partial charge < -0.3 is 8.98 Å². The van der Waals surface area contributed by atoms with E-state index in [1.807, 2.05) is 48.1 Å². The zero-order chi connectivity index (χ0) is 18.6. The third kappa shape index (κ3) is 3.83. The van der Waals surface area contributed by atoms with Crippen molar-refractivity contribution in [2.45, 2.75) is 12.6 Å². The number of nitrogens with one attached hydrogen (secondary N) is 1. The number of rotatable bonds is 6. The zero-order valence-electron chi connectivity index (χ0n) is 15.0. The molecule has 0 fully saturated rings. The molecule has 0 saturated heterocycles. The normalized spacial score (nSPS) is 12.2. The largest absolute Gasteiger partial charge is 0.460 e. The molecule has 4 nitrogen and oxygen atoms in total. The number of imidazole rings is 1. The molecule has 0 radical (unpaired) electrons. The van der Waals surface area contributed by atoms with Gasteiger partial charge in [0.2, 0.25) is 0 Å². The lowest BCUT2D eigenvalue weighted by molar-refractivity contribution is 0.467. The Morgan fingerprint density at radius 1 is 1.04 bits per heavy atom. The Balaban J connectivity index is 1.53. The van der Waals surface area contributed by atoms with Crippen LogP contribution in [0.3, 0.4) is 0 Å². The van der Waals surface area contributed by atoms with Gasteiger partial charge in [-0.05, 0) is 42.0 Å². The first-order chi connectivity index (χ1) is 13.2. The number of nitrogens with zero attached hydrogens (tertiary/aromatic N) is 2. The summed E-state index contributed by atoms with van der Waals surface area (Å²) in [6.07, 6.45) is 3.74. The van der Waals surface area contributed by atoms with Gasteiger partial charge in [-0.1, -0.05) is 30.3 Å². The van der Waals surface area contributed by atoms with Crippen molar-refractivity contribution >= 4 is 0 Å². The van der Waals surface area contributed by atoms with E-state index in [0.717, 1.165) is 28.5 Å². The molecule has 2 aromatic heterocycles. The Hall–Kier alpha value is -3.18. The molecule has 0 aliphatic heterocycles. The summed E-state index contributed by atoms with van der Waals surface area (Å²) in [5.41, 5.74) is 1.99. The minimum atomic E-state index is -0.257. The smallest absolute Gasteiger partial charge is 0.134 e. The summed E-state index contributed by atoms with van der Waals surface area (Å²) in [4.78, 5) is 4.50. The summed E-state index contributed by atoms with van der Waals surface area (Å²) in [5.74, 6) is 2.21. The van der Waals surface area contributed by atoms with Crippen LogP contribution in [0.1, 0.15) is 23.2 Å². The van der Waals surface area contributed by atoms with Crippen LogP contribution in [0.15, 0.2) is 83.5 Å². The van der Waals surface area contributed by atoms with Crippen molar-refractivity contribution in [2.75, 3.05) is 0 Å². The van der Waals surface area contributed by atoms with Gasteiger partial charge in [0.1, 0.15) is 23.2 Å². The molecule has 0 spiro atoms. The highest BCUT2D eigenvalue weighted by Gasteiger charge is 2.18. The lowest BCUT2D eigenvalue weighted by Crippen LogP contribution is -2.24. The number of hydrogen-bond donors (Lipinski definition) is 1. The summed E-state index contributed by atoms with van der Waals surface area (Å²) < 4.78 is 21.0. The highest BCUT2D eigenvalue weighted by molar-refractivity contribution is 5.57. The Kier molecular flexibility index (Phi) is 4.85. The Bertz CT molecular complexity index is 1010. The molecule has 136 valence electrons. The van der Waals surface area contributed by atoms with Gasteiger partial charge in [0.05, 0.1) is 12.6 Å². The van der Waals surface area contributed by atoms with Crippen LogP contribution in [0.25, 0.3) is 11.3 Å². The molecule has 1 N–H and O–H groups in total. The number of hydrogen-bond acceptors (Lipinski definition) is 3. The van der Waals surface area contributed by atoms with Crippen molar-refractivity contribution in [2.24, 2.45) is 7.05 Å². The fourth-order valence-electron chi connectivity index (χ4n) is 3.10. The van der Waals surface area contributed by atoms with Gasteiger partial charge in [-0.3, -0.25) is 5.32 Å². The number of aromatic nitrogens is 2. The Labute approximate surface area is 157 Å². The first-order valence-electron chi connectivity index (χ1n) is 8.81. The molecule has 4 aromatic rings. The second-order valence-corrected chi connectivity index (χ2v) is 6.39. The van der Waals surface area contributed by atoms with Crippen molar-refractivity contribution in [3.8, 4) is 11.3 Å². The van der Waals surface area contributed by atoms with Gasteiger partial charge in [0.15, 0.2) is 0 Å². The van der Waals surface area contributed by atoms with E-state index in [2.05, 4.69) is 22.4 Å². The van der Waals surface area contributed by atoms with Gasteiger partial charge in [0, 0.05) is 25.0 Å². The van der Waals surface area contributed by atoms with Crippen molar-refractivity contribution in [1.82, 2.24) is 14.9 Å². The molecule has 0 amide bonds. The van der Waals surface area contributed by atoms with Crippen LogP contribution in [-0.4, -0.2) is 9.55 Å². The van der Waals surface area contributed by atoms with Crippen molar-refractivity contribution in [3.05, 3.63) is 102 Å². The first kappa shape index (κ1) is 17.2. The van der Waals surface area contributed by atoms with Crippen molar-refractivity contribution in [3.63, 3.8) is 0 Å². The summed E-state index contributed by atoms with van der Waals surface area (Å²) in [6.45, 7) is 0.549. The maximum atomic E-state index is 13.1. The fraction of sp³-hybridized carbons (Fsp3) is 0.136. The SMILES string of the molecule is Cn1ccnc1[C@H](NCc1ccc(-c2ccc(F)cc2)o1)c1ccccc1. The van der Waals surface area contributed by atoms with Crippen LogP contribution in [-0.2, 0) is 13.6 Å². The third-order valence-electron chi connectivity index (χ3n) is 4.52. The summed E-state index contributed by atoms with van der Waals surface area (Å²) in [6, 6.07) is 20.3. The molecule has 0 aliphatic carbocycles. The molecular formula is C22H20FN3O. The Morgan fingerprint density at radius 3 is 2.52 bits per heavy atom. The van der Waals surface area contributed by atoms with E-state index in [0.29, 0.717) is 6.54 Å². The van der Waals surface area contributed by atoms with E-state index in [4.69, 9.17) is 4.42 Å². The highest BCUT2D eigenvalue weighted by Crippen LogP contribution is 2.24. The minimum absolute atomic E-state index is 0.0504. The monoisotopic (exact) mass is 361 g/mol. The quantitative estimate of drug-likeness (QED) is 0.541. The van der Waals surface area contributed by atoms with Crippen LogP contribution >= 0.6 is 0 Å². The van der Waals surface area contributed by atoms with Crippen LogP contribution in [0.5, 0.6) is 0 Å². The van der Waals surface area contributed by atoms with E-state index < -0.39 is 0 Å². The van der Waals surface area contributed by atoms with Crippen LogP contribution in [0.4, 0.5) is 4.39 Å². The molecule has 0 bridgehead atoms. The van der Waals surface area contributed by atoms with Gasteiger partial charge in [0.25, 0.3) is 0 Å². The van der Waals surface area contributed by atoms with Crippen molar-refractivity contribution in [1.29, 1.82) is 0 Å². The van der Waals surface area contributed by atoms with Crippen molar-refractivity contribution < 1.29 is 8.81 Å².